The van der Waals surface area contributed by atoms with Crippen molar-refractivity contribution in [2.45, 2.75) is 37.8 Å². The van der Waals surface area contributed by atoms with Gasteiger partial charge < -0.3 is 20.3 Å². The van der Waals surface area contributed by atoms with Crippen LogP contribution in [0.3, 0.4) is 0 Å². The van der Waals surface area contributed by atoms with Crippen molar-refractivity contribution in [3.8, 4) is 0 Å². The minimum absolute atomic E-state index is 0.0871. The molecule has 0 aliphatic heterocycles. The summed E-state index contributed by atoms with van der Waals surface area (Å²) >= 11 is 0. The number of aromatic amines is 1. The van der Waals surface area contributed by atoms with Gasteiger partial charge in [-0.3, -0.25) is 14.6 Å². The highest BCUT2D eigenvalue weighted by Crippen LogP contribution is 2.35. The van der Waals surface area contributed by atoms with Crippen molar-refractivity contribution >= 4 is 23.1 Å². The predicted octanol–water partition coefficient (Wildman–Crippen LogP) is 0.565. The monoisotopic (exact) mass is 334 g/mol. The Morgan fingerprint density at radius 3 is 2.92 bits per heavy atom. The largest absolute Gasteiger partial charge is 0.481 e. The first-order valence-electron chi connectivity index (χ1n) is 8.07. The van der Waals surface area contributed by atoms with Crippen LogP contribution in [0.1, 0.15) is 31.7 Å². The van der Waals surface area contributed by atoms with E-state index in [0.717, 1.165) is 19.3 Å². The summed E-state index contributed by atoms with van der Waals surface area (Å²) in [6.45, 7) is 0. The fourth-order valence-corrected chi connectivity index (χ4v) is 3.60. The smallest absolute Gasteiger partial charge is 0.303 e. The van der Waals surface area contributed by atoms with Gasteiger partial charge in [0.2, 0.25) is 5.95 Å². The van der Waals surface area contributed by atoms with Crippen molar-refractivity contribution in [2.75, 3.05) is 19.4 Å². The minimum Gasteiger partial charge on any atom is -0.481 e. The molecular weight excluding hydrogens is 312 g/mol. The summed E-state index contributed by atoms with van der Waals surface area (Å²) in [6.07, 6.45) is 4.26. The van der Waals surface area contributed by atoms with Gasteiger partial charge in [-0.2, -0.15) is 4.98 Å². The normalized spacial score (nSPS) is 24.2. The summed E-state index contributed by atoms with van der Waals surface area (Å²) in [6, 6.07) is 0.198. The van der Waals surface area contributed by atoms with Crippen LogP contribution in [0, 0.1) is 5.92 Å². The number of anilines is 1. The lowest BCUT2D eigenvalue weighted by Crippen LogP contribution is -2.40. The van der Waals surface area contributed by atoms with E-state index in [0.29, 0.717) is 17.1 Å². The molecule has 0 unspecified atom stereocenters. The molecule has 0 aromatic carbocycles. The predicted molar refractivity (Wildman–Crippen MR) is 89.2 cm³/mol. The highest BCUT2D eigenvalue weighted by atomic mass is 16.4. The Morgan fingerprint density at radius 1 is 1.46 bits per heavy atom. The van der Waals surface area contributed by atoms with Crippen molar-refractivity contribution in [3.63, 3.8) is 0 Å². The summed E-state index contributed by atoms with van der Waals surface area (Å²) in [5, 5.41) is 15.1. The lowest BCUT2D eigenvalue weighted by atomic mass is 9.80. The van der Waals surface area contributed by atoms with Crippen LogP contribution in [0.15, 0.2) is 11.1 Å². The number of likely N-dealkylation sites (N-methyl/N-ethyl adjacent to an activating group) is 1. The second-order valence-corrected chi connectivity index (χ2v) is 6.23. The van der Waals surface area contributed by atoms with E-state index >= 15 is 0 Å². The highest BCUT2D eigenvalue weighted by molar-refractivity contribution is 5.71. The van der Waals surface area contributed by atoms with Crippen LogP contribution in [-0.4, -0.2) is 50.7 Å². The number of carboxylic acids is 1. The molecule has 9 nitrogen and oxygen atoms in total. The molecule has 0 amide bonds. The lowest BCUT2D eigenvalue weighted by Gasteiger charge is -2.36. The van der Waals surface area contributed by atoms with E-state index in [2.05, 4.69) is 25.6 Å². The Morgan fingerprint density at radius 2 is 2.25 bits per heavy atom. The van der Waals surface area contributed by atoms with Crippen LogP contribution in [0.4, 0.5) is 5.95 Å². The van der Waals surface area contributed by atoms with Crippen LogP contribution >= 0.6 is 0 Å². The van der Waals surface area contributed by atoms with E-state index in [1.165, 1.54) is 0 Å². The molecule has 1 fully saturated rings. The molecule has 2 heterocycles. The Labute approximate surface area is 138 Å². The number of aromatic nitrogens is 4. The molecule has 0 spiro atoms. The quantitative estimate of drug-likeness (QED) is 0.630. The third-order valence-corrected chi connectivity index (χ3v) is 4.78. The second-order valence-electron chi connectivity index (χ2n) is 6.23. The van der Waals surface area contributed by atoms with Gasteiger partial charge in [0, 0.05) is 19.5 Å². The maximum Gasteiger partial charge on any atom is 0.303 e. The molecule has 0 bridgehead atoms. The number of fused-ring (bicyclic) bond motifs is 1. The summed E-state index contributed by atoms with van der Waals surface area (Å²) in [5.74, 6) is -0.196. The van der Waals surface area contributed by atoms with Crippen LogP contribution < -0.4 is 16.2 Å². The Hall–Kier alpha value is -2.42. The van der Waals surface area contributed by atoms with Crippen molar-refractivity contribution in [2.24, 2.45) is 5.92 Å². The molecule has 2 aromatic rings. The van der Waals surface area contributed by atoms with Gasteiger partial charge in [0.15, 0.2) is 11.2 Å². The molecule has 1 aliphatic rings. The van der Waals surface area contributed by atoms with E-state index in [-0.39, 0.29) is 30.0 Å². The van der Waals surface area contributed by atoms with Crippen LogP contribution in [-0.2, 0) is 4.79 Å². The second kappa shape index (κ2) is 6.60. The number of H-pyrrole nitrogens is 1. The molecule has 0 saturated heterocycles. The molecule has 1 saturated carbocycles. The van der Waals surface area contributed by atoms with Gasteiger partial charge in [-0.25, -0.2) is 4.98 Å². The molecule has 24 heavy (non-hydrogen) atoms. The first-order chi connectivity index (χ1) is 11.5. The van der Waals surface area contributed by atoms with Crippen molar-refractivity contribution in [1.29, 1.82) is 0 Å². The van der Waals surface area contributed by atoms with Crippen LogP contribution in [0.5, 0.6) is 0 Å². The number of hydrogen-bond donors (Lipinski definition) is 4. The average Bonchev–Trinajstić information content (AvgIpc) is 2.98. The van der Waals surface area contributed by atoms with Crippen molar-refractivity contribution in [3.05, 3.63) is 16.7 Å². The molecule has 130 valence electrons. The van der Waals surface area contributed by atoms with Gasteiger partial charge in [-0.05, 0) is 32.2 Å². The Bertz CT molecular complexity index is 798. The zero-order valence-corrected chi connectivity index (χ0v) is 13.7. The standard InChI is InChI=1S/C15H22N6O3/c1-16-9-5-8(6-11(22)23)3-4-10(9)21-7-18-12-13(21)19-15(17-2)20-14(12)24/h7-10,16H,3-6H2,1-2H3,(H,22,23)(H2,17,19,20,24)/t8-,9+,10+/m1/s1. The zero-order valence-electron chi connectivity index (χ0n) is 13.7. The van der Waals surface area contributed by atoms with Gasteiger partial charge in [0.25, 0.3) is 5.56 Å². The fourth-order valence-electron chi connectivity index (χ4n) is 3.60. The number of nitrogens with zero attached hydrogens (tertiary/aromatic N) is 3. The maximum absolute atomic E-state index is 12.1. The van der Waals surface area contributed by atoms with E-state index < -0.39 is 5.97 Å². The number of carboxylic acid groups (broad SMARTS) is 1. The topological polar surface area (TPSA) is 125 Å². The number of nitrogens with one attached hydrogen (secondary N) is 3. The van der Waals surface area contributed by atoms with Gasteiger partial charge in [-0.15, -0.1) is 0 Å². The Balaban J connectivity index is 1.93. The Kier molecular flexibility index (Phi) is 4.52. The molecule has 9 heteroatoms. The zero-order chi connectivity index (χ0) is 17.3. The third kappa shape index (κ3) is 2.99. The summed E-state index contributed by atoms with van der Waals surface area (Å²) in [5.41, 5.74) is 0.588. The van der Waals surface area contributed by atoms with Crippen molar-refractivity contribution < 1.29 is 9.90 Å². The van der Waals surface area contributed by atoms with E-state index in [1.807, 2.05) is 11.6 Å². The summed E-state index contributed by atoms with van der Waals surface area (Å²) in [7, 11) is 3.57. The summed E-state index contributed by atoms with van der Waals surface area (Å²) < 4.78 is 1.93. The molecule has 1 aliphatic carbocycles. The van der Waals surface area contributed by atoms with E-state index in [9.17, 15) is 9.59 Å². The van der Waals surface area contributed by atoms with Gasteiger partial charge >= 0.3 is 5.97 Å². The highest BCUT2D eigenvalue weighted by Gasteiger charge is 2.32. The average molecular weight is 334 g/mol. The first kappa shape index (κ1) is 16.4. The first-order valence-corrected chi connectivity index (χ1v) is 8.07. The number of rotatable bonds is 5. The third-order valence-electron chi connectivity index (χ3n) is 4.78. The summed E-state index contributed by atoms with van der Waals surface area (Å²) in [4.78, 5) is 34.3. The molecular formula is C15H22N6O3. The molecule has 2 aromatic heterocycles. The molecule has 4 N–H and O–H groups in total. The van der Waals surface area contributed by atoms with E-state index in [1.54, 1.807) is 13.4 Å². The minimum atomic E-state index is -0.756. The van der Waals surface area contributed by atoms with Gasteiger partial charge in [0.05, 0.1) is 12.4 Å². The lowest BCUT2D eigenvalue weighted by molar-refractivity contribution is -0.138. The van der Waals surface area contributed by atoms with Gasteiger partial charge in [-0.1, -0.05) is 0 Å². The van der Waals surface area contributed by atoms with Gasteiger partial charge in [0.1, 0.15) is 0 Å². The van der Waals surface area contributed by atoms with E-state index in [4.69, 9.17) is 5.11 Å². The SMILES string of the molecule is CNc1nc2c(ncn2[C@H]2CC[C@@H](CC(=O)O)C[C@@H]2NC)c(=O)[nH]1. The fraction of sp³-hybridized carbons (Fsp3) is 0.600. The molecule has 3 atom stereocenters. The van der Waals surface area contributed by atoms with Crippen LogP contribution in [0.25, 0.3) is 11.2 Å². The number of aliphatic carboxylic acids is 1. The number of hydrogen-bond acceptors (Lipinski definition) is 6. The number of carbonyl (C=O) groups is 1. The molecule has 0 radical (unpaired) electrons. The maximum atomic E-state index is 12.1. The molecule has 3 rings (SSSR count). The van der Waals surface area contributed by atoms with Crippen LogP contribution in [0.2, 0.25) is 0 Å². The van der Waals surface area contributed by atoms with Crippen molar-refractivity contribution in [1.82, 2.24) is 24.8 Å². The number of imidazole rings is 1.